The van der Waals surface area contributed by atoms with E-state index in [0.717, 1.165) is 5.39 Å². The van der Waals surface area contributed by atoms with Crippen molar-refractivity contribution in [1.29, 1.82) is 0 Å². The summed E-state index contributed by atoms with van der Waals surface area (Å²) in [6.07, 6.45) is 2.97. The Hall–Kier alpha value is -3.38. The largest absolute Gasteiger partial charge is 0.344 e. The number of nitrogens with one attached hydrogen (secondary N) is 2. The summed E-state index contributed by atoms with van der Waals surface area (Å²) >= 11 is 6.31. The number of hydrogen-bond acceptors (Lipinski definition) is 3. The van der Waals surface area contributed by atoms with E-state index in [1.165, 1.54) is 12.4 Å². The number of halogens is 1. The number of rotatable bonds is 4. The highest BCUT2D eigenvalue weighted by Crippen LogP contribution is 2.25. The van der Waals surface area contributed by atoms with E-state index in [9.17, 15) is 9.59 Å². The average molecular weight is 393 g/mol. The maximum atomic E-state index is 13.3. The van der Waals surface area contributed by atoms with Crippen LogP contribution in [0.4, 0.5) is 0 Å². The third-order valence-corrected chi connectivity index (χ3v) is 4.91. The fraction of sp³-hybridized carbons (Fsp3) is 0.0952. The highest BCUT2D eigenvalue weighted by atomic mass is 35.5. The van der Waals surface area contributed by atoms with Crippen LogP contribution in [0.15, 0.2) is 71.8 Å². The molecule has 2 aromatic carbocycles. The van der Waals surface area contributed by atoms with Gasteiger partial charge in [0.25, 0.3) is 11.5 Å². The molecule has 0 aliphatic heterocycles. The molecule has 1 unspecified atom stereocenters. The molecule has 0 fully saturated rings. The molecule has 7 heteroatoms. The summed E-state index contributed by atoms with van der Waals surface area (Å²) in [7, 11) is 0. The number of H-pyrrole nitrogens is 1. The third kappa shape index (κ3) is 3.18. The van der Waals surface area contributed by atoms with Crippen LogP contribution in [0.2, 0.25) is 5.02 Å². The van der Waals surface area contributed by atoms with Crippen LogP contribution in [0.1, 0.15) is 29.0 Å². The van der Waals surface area contributed by atoms with Gasteiger partial charge in [-0.2, -0.15) is 5.10 Å². The SMILES string of the molecule is CC(NC(=O)c1cn[nH]c1)c1cc2cccc(Cl)c2c(=O)n1-c1ccccc1. The summed E-state index contributed by atoms with van der Waals surface area (Å²) in [4.78, 5) is 25.8. The fourth-order valence-electron chi connectivity index (χ4n) is 3.23. The van der Waals surface area contributed by atoms with Gasteiger partial charge in [-0.05, 0) is 36.6 Å². The molecule has 1 atom stereocenters. The predicted molar refractivity (Wildman–Crippen MR) is 109 cm³/mol. The van der Waals surface area contributed by atoms with Crippen LogP contribution in [0.5, 0.6) is 0 Å². The van der Waals surface area contributed by atoms with Gasteiger partial charge in [-0.25, -0.2) is 0 Å². The molecule has 0 spiro atoms. The second-order valence-corrected chi connectivity index (χ2v) is 6.84. The van der Waals surface area contributed by atoms with Gasteiger partial charge in [0.1, 0.15) is 0 Å². The zero-order chi connectivity index (χ0) is 19.7. The molecule has 0 aliphatic carbocycles. The first-order valence-electron chi connectivity index (χ1n) is 8.75. The molecule has 0 radical (unpaired) electrons. The van der Waals surface area contributed by atoms with Crippen molar-refractivity contribution in [3.8, 4) is 5.69 Å². The van der Waals surface area contributed by atoms with Gasteiger partial charge in [-0.3, -0.25) is 19.3 Å². The molecule has 140 valence electrons. The van der Waals surface area contributed by atoms with Crippen LogP contribution in [-0.4, -0.2) is 20.7 Å². The number of carbonyl (C=O) groups excluding carboxylic acids is 1. The minimum absolute atomic E-state index is 0.228. The normalized spacial score (nSPS) is 12.1. The fourth-order valence-corrected chi connectivity index (χ4v) is 3.49. The van der Waals surface area contributed by atoms with E-state index in [2.05, 4.69) is 15.5 Å². The van der Waals surface area contributed by atoms with E-state index < -0.39 is 6.04 Å². The number of carbonyl (C=O) groups is 1. The van der Waals surface area contributed by atoms with Gasteiger partial charge in [0.15, 0.2) is 0 Å². The van der Waals surface area contributed by atoms with E-state index in [1.807, 2.05) is 49.4 Å². The molecule has 28 heavy (non-hydrogen) atoms. The first kappa shape index (κ1) is 18.0. The van der Waals surface area contributed by atoms with E-state index in [4.69, 9.17) is 11.6 Å². The van der Waals surface area contributed by atoms with Gasteiger partial charge in [0, 0.05) is 17.6 Å². The molecule has 4 rings (SSSR count). The molecule has 0 saturated carbocycles. The van der Waals surface area contributed by atoms with Gasteiger partial charge >= 0.3 is 0 Å². The number of amides is 1. The van der Waals surface area contributed by atoms with Gasteiger partial charge in [0.05, 0.1) is 28.2 Å². The topological polar surface area (TPSA) is 79.8 Å². The number of fused-ring (bicyclic) bond motifs is 1. The van der Waals surface area contributed by atoms with Crippen LogP contribution in [0.25, 0.3) is 16.5 Å². The Kier molecular flexibility index (Phi) is 4.71. The van der Waals surface area contributed by atoms with Crippen molar-refractivity contribution in [2.75, 3.05) is 0 Å². The maximum Gasteiger partial charge on any atom is 0.264 e. The van der Waals surface area contributed by atoms with E-state index in [-0.39, 0.29) is 11.5 Å². The Morgan fingerprint density at radius 2 is 1.96 bits per heavy atom. The lowest BCUT2D eigenvalue weighted by Gasteiger charge is -2.21. The summed E-state index contributed by atoms with van der Waals surface area (Å²) in [6.45, 7) is 1.84. The highest BCUT2D eigenvalue weighted by Gasteiger charge is 2.19. The summed E-state index contributed by atoms with van der Waals surface area (Å²) in [5.41, 5.74) is 1.55. The Morgan fingerprint density at radius 1 is 1.18 bits per heavy atom. The monoisotopic (exact) mass is 392 g/mol. The number of pyridine rings is 1. The Labute approximate surface area is 165 Å². The van der Waals surface area contributed by atoms with Crippen LogP contribution >= 0.6 is 11.6 Å². The summed E-state index contributed by atoms with van der Waals surface area (Å²) in [5.74, 6) is -0.278. The molecule has 0 aliphatic rings. The third-order valence-electron chi connectivity index (χ3n) is 4.59. The second-order valence-electron chi connectivity index (χ2n) is 6.43. The average Bonchev–Trinajstić information content (AvgIpc) is 3.23. The predicted octanol–water partition coefficient (Wildman–Crippen LogP) is 3.86. The minimum atomic E-state index is -0.432. The summed E-state index contributed by atoms with van der Waals surface area (Å²) < 4.78 is 1.59. The van der Waals surface area contributed by atoms with Crippen LogP contribution in [0, 0.1) is 0 Å². The molecular formula is C21H17ClN4O2. The standard InChI is InChI=1S/C21H17ClN4O2/c1-13(25-20(27)15-11-23-24-12-15)18-10-14-6-5-9-17(22)19(14)21(28)26(18)16-7-3-2-4-8-16/h2-13H,1H3,(H,23,24)(H,25,27). The van der Waals surface area contributed by atoms with Gasteiger partial charge in [-0.1, -0.05) is 41.9 Å². The van der Waals surface area contributed by atoms with Crippen molar-refractivity contribution in [2.45, 2.75) is 13.0 Å². The zero-order valence-corrected chi connectivity index (χ0v) is 15.8. The molecule has 4 aromatic rings. The Balaban J connectivity index is 1.89. The van der Waals surface area contributed by atoms with Crippen LogP contribution in [0.3, 0.4) is 0 Å². The van der Waals surface area contributed by atoms with Crippen molar-refractivity contribution < 1.29 is 4.79 Å². The zero-order valence-electron chi connectivity index (χ0n) is 15.0. The van der Waals surface area contributed by atoms with Gasteiger partial charge in [-0.15, -0.1) is 0 Å². The molecule has 2 N–H and O–H groups in total. The smallest absolute Gasteiger partial charge is 0.264 e. The van der Waals surface area contributed by atoms with Crippen molar-refractivity contribution in [2.24, 2.45) is 0 Å². The summed E-state index contributed by atoms with van der Waals surface area (Å²) in [5, 5.41) is 10.9. The molecule has 6 nitrogen and oxygen atoms in total. The number of benzene rings is 2. The van der Waals surface area contributed by atoms with Crippen molar-refractivity contribution in [3.63, 3.8) is 0 Å². The molecule has 1 amide bonds. The number of aromatic nitrogens is 3. The quantitative estimate of drug-likeness (QED) is 0.553. The van der Waals surface area contributed by atoms with Gasteiger partial charge in [0.2, 0.25) is 0 Å². The number of hydrogen-bond donors (Lipinski definition) is 2. The second kappa shape index (κ2) is 7.32. The number of para-hydroxylation sites is 1. The van der Waals surface area contributed by atoms with Crippen LogP contribution in [-0.2, 0) is 0 Å². The van der Waals surface area contributed by atoms with E-state index in [0.29, 0.717) is 27.4 Å². The highest BCUT2D eigenvalue weighted by molar-refractivity contribution is 6.35. The summed E-state index contributed by atoms with van der Waals surface area (Å²) in [6, 6.07) is 16.1. The molecule has 2 aromatic heterocycles. The minimum Gasteiger partial charge on any atom is -0.344 e. The Morgan fingerprint density at radius 3 is 2.68 bits per heavy atom. The maximum absolute atomic E-state index is 13.3. The molecule has 0 saturated heterocycles. The van der Waals surface area contributed by atoms with E-state index in [1.54, 1.807) is 16.7 Å². The van der Waals surface area contributed by atoms with Crippen molar-refractivity contribution >= 4 is 28.3 Å². The lowest BCUT2D eigenvalue weighted by molar-refractivity contribution is 0.0939. The lowest BCUT2D eigenvalue weighted by atomic mass is 10.1. The molecular weight excluding hydrogens is 376 g/mol. The lowest BCUT2D eigenvalue weighted by Crippen LogP contribution is -2.32. The van der Waals surface area contributed by atoms with Crippen LogP contribution < -0.4 is 10.9 Å². The van der Waals surface area contributed by atoms with Crippen molar-refractivity contribution in [3.05, 3.63) is 93.6 Å². The Bertz CT molecular complexity index is 1200. The first-order valence-corrected chi connectivity index (χ1v) is 9.13. The van der Waals surface area contributed by atoms with E-state index >= 15 is 0 Å². The number of nitrogens with zero attached hydrogens (tertiary/aromatic N) is 2. The van der Waals surface area contributed by atoms with Gasteiger partial charge < -0.3 is 5.32 Å². The molecule has 0 bridgehead atoms. The van der Waals surface area contributed by atoms with Crippen molar-refractivity contribution in [1.82, 2.24) is 20.1 Å². The first-order chi connectivity index (χ1) is 13.6. The number of aromatic amines is 1. The molecule has 2 heterocycles.